The zero-order valence-corrected chi connectivity index (χ0v) is 11.3. The fourth-order valence-corrected chi connectivity index (χ4v) is 1.81. The average Bonchev–Trinajstić information content (AvgIpc) is 2.37. The first-order valence-corrected chi connectivity index (χ1v) is 5.98. The standard InChI is InChI=1S/C13H12N4O4/c1-7-6-8(2)15-13(14-7)16-12(19)9-4-3-5-10(11(9)18)17(20)21/h3-6,18H,1-2H3,(H,14,15,16,19). The topological polar surface area (TPSA) is 118 Å². The number of anilines is 1. The zero-order chi connectivity index (χ0) is 15.6. The number of phenols is 1. The van der Waals surface area contributed by atoms with Crippen molar-refractivity contribution in [3.05, 3.63) is 51.3 Å². The quantitative estimate of drug-likeness (QED) is 0.658. The number of hydrogen-bond acceptors (Lipinski definition) is 6. The summed E-state index contributed by atoms with van der Waals surface area (Å²) in [4.78, 5) is 30.1. The Balaban J connectivity index is 2.33. The molecule has 8 nitrogen and oxygen atoms in total. The van der Waals surface area contributed by atoms with E-state index in [1.807, 2.05) is 0 Å². The van der Waals surface area contributed by atoms with Crippen LogP contribution in [-0.4, -0.2) is 25.9 Å². The van der Waals surface area contributed by atoms with E-state index in [0.717, 1.165) is 6.07 Å². The highest BCUT2D eigenvalue weighted by Gasteiger charge is 2.21. The number of benzene rings is 1. The fraction of sp³-hybridized carbons (Fsp3) is 0.154. The van der Waals surface area contributed by atoms with Gasteiger partial charge in [0.25, 0.3) is 5.91 Å². The van der Waals surface area contributed by atoms with Crippen LogP contribution in [0.4, 0.5) is 11.6 Å². The van der Waals surface area contributed by atoms with Gasteiger partial charge in [0.15, 0.2) is 0 Å². The van der Waals surface area contributed by atoms with Crippen LogP contribution in [0, 0.1) is 24.0 Å². The predicted molar refractivity (Wildman–Crippen MR) is 74.2 cm³/mol. The summed E-state index contributed by atoms with van der Waals surface area (Å²) in [7, 11) is 0. The molecule has 108 valence electrons. The minimum absolute atomic E-state index is 0.0726. The van der Waals surface area contributed by atoms with E-state index in [0.29, 0.717) is 11.4 Å². The summed E-state index contributed by atoms with van der Waals surface area (Å²) in [5.74, 6) is -1.34. The number of aromatic hydroxyl groups is 1. The molecule has 0 radical (unpaired) electrons. The summed E-state index contributed by atoms with van der Waals surface area (Å²) in [5.41, 5.74) is 0.582. The van der Waals surface area contributed by atoms with Crippen molar-refractivity contribution < 1.29 is 14.8 Å². The Labute approximate surface area is 119 Å². The van der Waals surface area contributed by atoms with Crippen molar-refractivity contribution >= 4 is 17.5 Å². The number of nitrogens with one attached hydrogen (secondary N) is 1. The van der Waals surface area contributed by atoms with Gasteiger partial charge < -0.3 is 5.11 Å². The number of hydrogen-bond donors (Lipinski definition) is 2. The molecule has 0 fully saturated rings. The Kier molecular flexibility index (Phi) is 3.79. The number of carbonyl (C=O) groups excluding carboxylic acids is 1. The van der Waals surface area contributed by atoms with E-state index in [4.69, 9.17) is 0 Å². The molecule has 0 aliphatic heterocycles. The van der Waals surface area contributed by atoms with Crippen LogP contribution in [-0.2, 0) is 0 Å². The fourth-order valence-electron chi connectivity index (χ4n) is 1.81. The van der Waals surface area contributed by atoms with Crippen molar-refractivity contribution in [3.8, 4) is 5.75 Å². The first-order chi connectivity index (χ1) is 9.88. The van der Waals surface area contributed by atoms with Gasteiger partial charge in [0, 0.05) is 17.5 Å². The molecule has 8 heteroatoms. The number of nitro groups is 1. The number of phenolic OH excluding ortho intramolecular Hbond substituents is 1. The van der Waals surface area contributed by atoms with Gasteiger partial charge in [-0.25, -0.2) is 9.97 Å². The van der Waals surface area contributed by atoms with Crippen LogP contribution in [0.25, 0.3) is 0 Å². The van der Waals surface area contributed by atoms with Crippen LogP contribution < -0.4 is 5.32 Å². The number of aryl methyl sites for hydroxylation is 2. The number of rotatable bonds is 3. The Bertz CT molecular complexity index is 710. The molecule has 1 aromatic heterocycles. The summed E-state index contributed by atoms with van der Waals surface area (Å²) < 4.78 is 0. The molecule has 21 heavy (non-hydrogen) atoms. The van der Waals surface area contributed by atoms with Gasteiger partial charge >= 0.3 is 5.69 Å². The SMILES string of the molecule is Cc1cc(C)nc(NC(=O)c2cccc([N+](=O)[O-])c2O)n1. The lowest BCUT2D eigenvalue weighted by Gasteiger charge is -2.07. The third-order valence-corrected chi connectivity index (χ3v) is 2.66. The highest BCUT2D eigenvalue weighted by Crippen LogP contribution is 2.29. The second-order valence-electron chi connectivity index (χ2n) is 4.36. The van der Waals surface area contributed by atoms with Crippen molar-refractivity contribution in [1.29, 1.82) is 0 Å². The van der Waals surface area contributed by atoms with Crippen molar-refractivity contribution in [2.24, 2.45) is 0 Å². The van der Waals surface area contributed by atoms with E-state index in [2.05, 4.69) is 15.3 Å². The lowest BCUT2D eigenvalue weighted by atomic mass is 10.1. The number of aromatic nitrogens is 2. The van der Waals surface area contributed by atoms with Gasteiger partial charge in [-0.05, 0) is 26.0 Å². The monoisotopic (exact) mass is 288 g/mol. The Morgan fingerprint density at radius 2 is 1.90 bits per heavy atom. The molecular weight excluding hydrogens is 276 g/mol. The normalized spacial score (nSPS) is 10.2. The van der Waals surface area contributed by atoms with E-state index in [9.17, 15) is 20.0 Å². The third kappa shape index (κ3) is 3.11. The molecule has 1 aromatic carbocycles. The maximum Gasteiger partial charge on any atom is 0.311 e. The molecule has 0 unspecified atom stereocenters. The number of nitrogens with zero attached hydrogens (tertiary/aromatic N) is 3. The molecule has 2 rings (SSSR count). The van der Waals surface area contributed by atoms with E-state index >= 15 is 0 Å². The number of para-hydroxylation sites is 1. The Morgan fingerprint density at radius 1 is 1.29 bits per heavy atom. The molecule has 2 N–H and O–H groups in total. The molecule has 0 saturated heterocycles. The molecular formula is C13H12N4O4. The molecule has 0 saturated carbocycles. The third-order valence-electron chi connectivity index (χ3n) is 2.66. The average molecular weight is 288 g/mol. The van der Waals surface area contributed by atoms with E-state index in [1.165, 1.54) is 12.1 Å². The smallest absolute Gasteiger partial charge is 0.311 e. The molecule has 2 aromatic rings. The summed E-state index contributed by atoms with van der Waals surface area (Å²) in [6.07, 6.45) is 0. The molecule has 1 heterocycles. The minimum Gasteiger partial charge on any atom is -0.502 e. The minimum atomic E-state index is -0.764. The first-order valence-electron chi connectivity index (χ1n) is 5.98. The van der Waals surface area contributed by atoms with Gasteiger partial charge in [0.05, 0.1) is 10.5 Å². The zero-order valence-electron chi connectivity index (χ0n) is 11.3. The maximum atomic E-state index is 12.1. The van der Waals surface area contributed by atoms with Crippen molar-refractivity contribution in [3.63, 3.8) is 0 Å². The highest BCUT2D eigenvalue weighted by atomic mass is 16.6. The Hall–Kier alpha value is -3.03. The van der Waals surface area contributed by atoms with Gasteiger partial charge in [-0.15, -0.1) is 0 Å². The maximum absolute atomic E-state index is 12.1. The van der Waals surface area contributed by atoms with Gasteiger partial charge in [-0.1, -0.05) is 6.07 Å². The van der Waals surface area contributed by atoms with Gasteiger partial charge in [-0.2, -0.15) is 0 Å². The molecule has 0 atom stereocenters. The summed E-state index contributed by atoms with van der Waals surface area (Å²) in [5, 5.41) is 22.9. The van der Waals surface area contributed by atoms with Crippen molar-refractivity contribution in [1.82, 2.24) is 9.97 Å². The molecule has 0 aliphatic carbocycles. The van der Waals surface area contributed by atoms with Gasteiger partial charge in [0.2, 0.25) is 11.7 Å². The second kappa shape index (κ2) is 5.53. The predicted octanol–water partition coefficient (Wildman–Crippen LogP) is 1.96. The van der Waals surface area contributed by atoms with Crippen LogP contribution in [0.1, 0.15) is 21.7 Å². The lowest BCUT2D eigenvalue weighted by Crippen LogP contribution is -2.15. The van der Waals surface area contributed by atoms with Gasteiger partial charge in [-0.3, -0.25) is 20.2 Å². The molecule has 1 amide bonds. The molecule has 0 aliphatic rings. The number of amides is 1. The van der Waals surface area contributed by atoms with Crippen molar-refractivity contribution in [2.45, 2.75) is 13.8 Å². The molecule has 0 spiro atoms. The van der Waals surface area contributed by atoms with E-state index in [1.54, 1.807) is 19.9 Å². The lowest BCUT2D eigenvalue weighted by molar-refractivity contribution is -0.385. The second-order valence-corrected chi connectivity index (χ2v) is 4.36. The highest BCUT2D eigenvalue weighted by molar-refractivity contribution is 6.06. The van der Waals surface area contributed by atoms with Crippen LogP contribution in [0.3, 0.4) is 0 Å². The number of nitro benzene ring substituents is 1. The summed E-state index contributed by atoms with van der Waals surface area (Å²) in [6.45, 7) is 3.49. The largest absolute Gasteiger partial charge is 0.502 e. The van der Waals surface area contributed by atoms with Gasteiger partial charge in [0.1, 0.15) is 0 Å². The van der Waals surface area contributed by atoms with Crippen LogP contribution in [0.2, 0.25) is 0 Å². The van der Waals surface area contributed by atoms with Crippen LogP contribution >= 0.6 is 0 Å². The summed E-state index contributed by atoms with van der Waals surface area (Å²) in [6, 6.07) is 5.44. The van der Waals surface area contributed by atoms with E-state index in [-0.39, 0.29) is 11.5 Å². The van der Waals surface area contributed by atoms with Crippen LogP contribution in [0.5, 0.6) is 5.75 Å². The van der Waals surface area contributed by atoms with Crippen molar-refractivity contribution in [2.75, 3.05) is 5.32 Å². The van der Waals surface area contributed by atoms with E-state index < -0.39 is 22.3 Å². The summed E-state index contributed by atoms with van der Waals surface area (Å²) >= 11 is 0. The molecule has 0 bridgehead atoms. The van der Waals surface area contributed by atoms with Crippen LogP contribution in [0.15, 0.2) is 24.3 Å². The first kappa shape index (κ1) is 14.4. The number of carbonyl (C=O) groups is 1. The Morgan fingerprint density at radius 3 is 2.48 bits per heavy atom.